The minimum absolute atomic E-state index is 0.0356. The summed E-state index contributed by atoms with van der Waals surface area (Å²) in [7, 11) is 0. The van der Waals surface area contributed by atoms with Gasteiger partial charge in [-0.1, -0.05) is 32.0 Å². The van der Waals surface area contributed by atoms with Crippen molar-refractivity contribution < 1.29 is 14.0 Å². The van der Waals surface area contributed by atoms with Crippen molar-refractivity contribution in [3.63, 3.8) is 0 Å². The molecular formula is C19H19FN2O2S. The fourth-order valence-electron chi connectivity index (χ4n) is 2.64. The number of anilines is 2. The van der Waals surface area contributed by atoms with Crippen LogP contribution >= 0.6 is 11.8 Å². The predicted octanol–water partition coefficient (Wildman–Crippen LogP) is 4.20. The number of rotatable bonds is 4. The number of carbonyl (C=O) groups is 2. The molecule has 2 aromatic rings. The van der Waals surface area contributed by atoms with Crippen molar-refractivity contribution >= 4 is 35.0 Å². The summed E-state index contributed by atoms with van der Waals surface area (Å²) in [5.74, 6) is -0.251. The van der Waals surface area contributed by atoms with Crippen molar-refractivity contribution in [2.75, 3.05) is 16.0 Å². The minimum atomic E-state index is -0.343. The third kappa shape index (κ3) is 3.69. The molecule has 1 heterocycles. The van der Waals surface area contributed by atoms with Crippen LogP contribution in [0.5, 0.6) is 0 Å². The van der Waals surface area contributed by atoms with Gasteiger partial charge < -0.3 is 5.32 Å². The van der Waals surface area contributed by atoms with Crippen LogP contribution in [0.15, 0.2) is 48.5 Å². The average Bonchev–Trinajstić information content (AvgIpc) is 2.97. The first kappa shape index (κ1) is 17.5. The Labute approximate surface area is 150 Å². The minimum Gasteiger partial charge on any atom is -0.326 e. The largest absolute Gasteiger partial charge is 0.326 e. The molecule has 0 saturated carbocycles. The van der Waals surface area contributed by atoms with Gasteiger partial charge in [-0.15, -0.1) is 11.8 Å². The highest BCUT2D eigenvalue weighted by Crippen LogP contribution is 2.44. The molecular weight excluding hydrogens is 339 g/mol. The average molecular weight is 358 g/mol. The molecule has 0 radical (unpaired) electrons. The van der Waals surface area contributed by atoms with Crippen LogP contribution in [0.2, 0.25) is 0 Å². The molecule has 4 nitrogen and oxygen atoms in total. The second kappa shape index (κ2) is 7.27. The van der Waals surface area contributed by atoms with Crippen molar-refractivity contribution in [1.29, 1.82) is 0 Å². The molecule has 1 aliphatic rings. The van der Waals surface area contributed by atoms with Crippen molar-refractivity contribution in [2.45, 2.75) is 19.2 Å². The van der Waals surface area contributed by atoms with E-state index in [4.69, 9.17) is 0 Å². The van der Waals surface area contributed by atoms with Gasteiger partial charge in [0.25, 0.3) is 0 Å². The van der Waals surface area contributed by atoms with Crippen LogP contribution in [-0.2, 0) is 9.59 Å². The lowest BCUT2D eigenvalue weighted by molar-refractivity contribution is -0.119. The molecule has 1 unspecified atom stereocenters. The summed E-state index contributed by atoms with van der Waals surface area (Å²) in [6.07, 6.45) is 0. The number of amides is 2. The number of para-hydroxylation sites is 1. The summed E-state index contributed by atoms with van der Waals surface area (Å²) in [5.41, 5.74) is 2.20. The fourth-order valence-corrected chi connectivity index (χ4v) is 3.85. The molecule has 6 heteroatoms. The van der Waals surface area contributed by atoms with Crippen LogP contribution in [0.1, 0.15) is 24.8 Å². The number of hydrogen-bond donors (Lipinski definition) is 1. The van der Waals surface area contributed by atoms with E-state index in [1.807, 2.05) is 38.1 Å². The summed E-state index contributed by atoms with van der Waals surface area (Å²) in [5, 5.41) is 2.67. The van der Waals surface area contributed by atoms with E-state index >= 15 is 0 Å². The van der Waals surface area contributed by atoms with Gasteiger partial charge in [0, 0.05) is 22.9 Å². The maximum Gasteiger partial charge on any atom is 0.238 e. The van der Waals surface area contributed by atoms with Gasteiger partial charge in [0.2, 0.25) is 11.8 Å². The lowest BCUT2D eigenvalue weighted by Crippen LogP contribution is -2.28. The smallest absolute Gasteiger partial charge is 0.238 e. The van der Waals surface area contributed by atoms with Crippen LogP contribution in [0.4, 0.5) is 15.8 Å². The van der Waals surface area contributed by atoms with Gasteiger partial charge in [-0.3, -0.25) is 14.5 Å². The molecule has 2 aromatic carbocycles. The van der Waals surface area contributed by atoms with Crippen LogP contribution in [0, 0.1) is 11.7 Å². The zero-order valence-electron chi connectivity index (χ0n) is 14.0. The first-order chi connectivity index (χ1) is 12.0. The molecule has 130 valence electrons. The number of nitrogens with one attached hydrogen (secondary N) is 1. The number of halogens is 1. The number of thioether (sulfide) groups is 1. The first-order valence-electron chi connectivity index (χ1n) is 8.06. The highest BCUT2D eigenvalue weighted by atomic mass is 32.2. The number of hydrogen-bond acceptors (Lipinski definition) is 3. The molecule has 1 fully saturated rings. The van der Waals surface area contributed by atoms with Gasteiger partial charge >= 0.3 is 0 Å². The Morgan fingerprint density at radius 2 is 1.88 bits per heavy atom. The van der Waals surface area contributed by atoms with E-state index in [-0.39, 0.29) is 28.9 Å². The Bertz CT molecular complexity index is 792. The van der Waals surface area contributed by atoms with Crippen LogP contribution in [-0.4, -0.2) is 17.6 Å². The van der Waals surface area contributed by atoms with Crippen LogP contribution < -0.4 is 10.2 Å². The molecule has 2 amide bonds. The Kier molecular flexibility index (Phi) is 5.08. The van der Waals surface area contributed by atoms with Crippen molar-refractivity contribution in [2.24, 2.45) is 5.92 Å². The monoisotopic (exact) mass is 358 g/mol. The van der Waals surface area contributed by atoms with Crippen molar-refractivity contribution in [3.8, 4) is 0 Å². The first-order valence-corrected chi connectivity index (χ1v) is 9.11. The van der Waals surface area contributed by atoms with Gasteiger partial charge in [-0.2, -0.15) is 0 Å². The Morgan fingerprint density at radius 1 is 1.20 bits per heavy atom. The predicted molar refractivity (Wildman–Crippen MR) is 99.0 cm³/mol. The molecule has 3 rings (SSSR count). The van der Waals surface area contributed by atoms with Gasteiger partial charge in [-0.25, -0.2) is 4.39 Å². The van der Waals surface area contributed by atoms with Crippen molar-refractivity contribution in [3.05, 3.63) is 59.9 Å². The zero-order chi connectivity index (χ0) is 18.0. The number of nitrogens with zero attached hydrogens (tertiary/aromatic N) is 1. The highest BCUT2D eigenvalue weighted by Gasteiger charge is 2.35. The second-order valence-corrected chi connectivity index (χ2v) is 7.20. The highest BCUT2D eigenvalue weighted by molar-refractivity contribution is 8.00. The van der Waals surface area contributed by atoms with E-state index in [0.717, 1.165) is 5.56 Å². The van der Waals surface area contributed by atoms with E-state index in [0.29, 0.717) is 17.1 Å². The van der Waals surface area contributed by atoms with Gasteiger partial charge in [0.1, 0.15) is 11.2 Å². The lowest BCUT2D eigenvalue weighted by atomic mass is 10.1. The molecule has 1 aliphatic heterocycles. The maximum atomic E-state index is 13.2. The zero-order valence-corrected chi connectivity index (χ0v) is 14.8. The SMILES string of the molecule is CC(C)C(=O)Nc1ccccc1C1SCC(=O)N1c1ccc(F)cc1. The molecule has 1 atom stereocenters. The molecule has 1 saturated heterocycles. The molecule has 0 spiro atoms. The van der Waals surface area contributed by atoms with E-state index in [1.54, 1.807) is 17.0 Å². The van der Waals surface area contributed by atoms with Crippen LogP contribution in [0.3, 0.4) is 0 Å². The summed E-state index contributed by atoms with van der Waals surface area (Å²) in [6, 6.07) is 13.4. The Morgan fingerprint density at radius 3 is 2.56 bits per heavy atom. The fraction of sp³-hybridized carbons (Fsp3) is 0.263. The van der Waals surface area contributed by atoms with E-state index in [1.165, 1.54) is 23.9 Å². The normalized spacial score (nSPS) is 17.2. The molecule has 0 bridgehead atoms. The molecule has 1 N–H and O–H groups in total. The van der Waals surface area contributed by atoms with Crippen molar-refractivity contribution in [1.82, 2.24) is 0 Å². The quantitative estimate of drug-likeness (QED) is 0.891. The Hall–Kier alpha value is -2.34. The third-order valence-electron chi connectivity index (χ3n) is 3.98. The van der Waals surface area contributed by atoms with Gasteiger partial charge in [-0.05, 0) is 30.3 Å². The van der Waals surface area contributed by atoms with E-state index in [2.05, 4.69) is 5.32 Å². The molecule has 0 aromatic heterocycles. The summed E-state index contributed by atoms with van der Waals surface area (Å²) in [6.45, 7) is 3.66. The molecule has 25 heavy (non-hydrogen) atoms. The van der Waals surface area contributed by atoms with Gasteiger partial charge in [0.15, 0.2) is 0 Å². The van der Waals surface area contributed by atoms with Gasteiger partial charge in [0.05, 0.1) is 5.75 Å². The summed E-state index contributed by atoms with van der Waals surface area (Å²) < 4.78 is 13.2. The second-order valence-electron chi connectivity index (χ2n) is 6.13. The number of benzene rings is 2. The number of carbonyl (C=O) groups excluding carboxylic acids is 2. The standard InChI is InChI=1S/C19H19FN2O2S/c1-12(2)18(24)21-16-6-4-3-5-15(16)19-22(17(23)11-25-19)14-9-7-13(20)8-10-14/h3-10,12,19H,11H2,1-2H3,(H,21,24). The summed E-state index contributed by atoms with van der Waals surface area (Å²) >= 11 is 1.49. The Balaban J connectivity index is 1.96. The van der Waals surface area contributed by atoms with E-state index < -0.39 is 0 Å². The van der Waals surface area contributed by atoms with Crippen LogP contribution in [0.25, 0.3) is 0 Å². The molecule has 0 aliphatic carbocycles. The third-order valence-corrected chi connectivity index (χ3v) is 5.18. The maximum absolute atomic E-state index is 13.2. The topological polar surface area (TPSA) is 49.4 Å². The summed E-state index contributed by atoms with van der Waals surface area (Å²) in [4.78, 5) is 26.2. The lowest BCUT2D eigenvalue weighted by Gasteiger charge is -2.26. The van der Waals surface area contributed by atoms with E-state index in [9.17, 15) is 14.0 Å².